The average molecular weight is 372 g/mol. The Balaban J connectivity index is 1.70. The summed E-state index contributed by atoms with van der Waals surface area (Å²) in [4.78, 5) is 12.1. The summed E-state index contributed by atoms with van der Waals surface area (Å²) in [6.45, 7) is 0.937. The second kappa shape index (κ2) is 6.13. The topological polar surface area (TPSA) is 80.0 Å². The SMILES string of the molecule is O=C(Nc1nnc(C2CCCN2)o1)c1ccc(Br)c(Cl)c1. The van der Waals surface area contributed by atoms with Gasteiger partial charge in [-0.1, -0.05) is 16.7 Å². The van der Waals surface area contributed by atoms with Gasteiger partial charge < -0.3 is 9.73 Å². The smallest absolute Gasteiger partial charge is 0.322 e. The zero-order valence-corrected chi connectivity index (χ0v) is 13.2. The molecule has 1 saturated heterocycles. The normalized spacial score (nSPS) is 17.9. The maximum Gasteiger partial charge on any atom is 0.322 e. The molecule has 1 amide bonds. The van der Waals surface area contributed by atoms with Crippen LogP contribution in [0.1, 0.15) is 35.1 Å². The Labute approximate surface area is 134 Å². The molecule has 1 fully saturated rings. The van der Waals surface area contributed by atoms with Crippen molar-refractivity contribution >= 4 is 39.5 Å². The van der Waals surface area contributed by atoms with Crippen molar-refractivity contribution in [2.24, 2.45) is 0 Å². The van der Waals surface area contributed by atoms with Gasteiger partial charge in [0.1, 0.15) is 0 Å². The van der Waals surface area contributed by atoms with E-state index in [0.717, 1.165) is 23.9 Å². The van der Waals surface area contributed by atoms with Crippen molar-refractivity contribution in [2.45, 2.75) is 18.9 Å². The summed E-state index contributed by atoms with van der Waals surface area (Å²) in [5.41, 5.74) is 0.418. The van der Waals surface area contributed by atoms with Crippen molar-refractivity contribution in [2.75, 3.05) is 11.9 Å². The van der Waals surface area contributed by atoms with E-state index in [1.54, 1.807) is 18.2 Å². The maximum absolute atomic E-state index is 12.1. The first-order valence-corrected chi connectivity index (χ1v) is 7.64. The lowest BCUT2D eigenvalue weighted by Crippen LogP contribution is -2.13. The van der Waals surface area contributed by atoms with Crippen LogP contribution in [0.25, 0.3) is 0 Å². The molecule has 0 aliphatic carbocycles. The molecular weight excluding hydrogens is 360 g/mol. The highest BCUT2D eigenvalue weighted by molar-refractivity contribution is 9.10. The van der Waals surface area contributed by atoms with Crippen molar-refractivity contribution in [3.8, 4) is 0 Å². The van der Waals surface area contributed by atoms with Gasteiger partial charge in [-0.2, -0.15) is 0 Å². The highest BCUT2D eigenvalue weighted by Crippen LogP contribution is 2.25. The lowest BCUT2D eigenvalue weighted by atomic mass is 10.2. The molecule has 110 valence electrons. The molecule has 2 aromatic rings. The van der Waals surface area contributed by atoms with Crippen LogP contribution >= 0.6 is 27.5 Å². The maximum atomic E-state index is 12.1. The molecular formula is C13H12BrClN4O2. The summed E-state index contributed by atoms with van der Waals surface area (Å²) in [6, 6.07) is 5.09. The molecule has 2 heterocycles. The predicted octanol–water partition coefficient (Wildman–Crippen LogP) is 3.16. The van der Waals surface area contributed by atoms with E-state index in [0.29, 0.717) is 16.5 Å². The number of anilines is 1. The van der Waals surface area contributed by atoms with Gasteiger partial charge in [0, 0.05) is 10.0 Å². The number of benzene rings is 1. The summed E-state index contributed by atoms with van der Waals surface area (Å²) in [6.07, 6.45) is 2.03. The molecule has 3 rings (SSSR count). The van der Waals surface area contributed by atoms with Crippen LogP contribution < -0.4 is 10.6 Å². The zero-order chi connectivity index (χ0) is 14.8. The summed E-state index contributed by atoms with van der Waals surface area (Å²) in [7, 11) is 0. The number of hydrogen-bond donors (Lipinski definition) is 2. The van der Waals surface area contributed by atoms with E-state index in [-0.39, 0.29) is 18.0 Å². The van der Waals surface area contributed by atoms with Crippen LogP contribution in [0.4, 0.5) is 6.01 Å². The van der Waals surface area contributed by atoms with Gasteiger partial charge in [-0.05, 0) is 53.5 Å². The minimum absolute atomic E-state index is 0.0743. The van der Waals surface area contributed by atoms with E-state index in [1.165, 1.54) is 0 Å². The molecule has 1 aliphatic heterocycles. The fourth-order valence-corrected chi connectivity index (χ4v) is 2.56. The quantitative estimate of drug-likeness (QED) is 0.866. The van der Waals surface area contributed by atoms with Crippen LogP contribution in [0.2, 0.25) is 5.02 Å². The Morgan fingerprint density at radius 3 is 3.05 bits per heavy atom. The third kappa shape index (κ3) is 3.25. The van der Waals surface area contributed by atoms with Crippen LogP contribution in [0.3, 0.4) is 0 Å². The molecule has 0 spiro atoms. The summed E-state index contributed by atoms with van der Waals surface area (Å²) in [5, 5.41) is 14.1. The fourth-order valence-electron chi connectivity index (χ4n) is 2.13. The average Bonchev–Trinajstić information content (AvgIpc) is 3.12. The van der Waals surface area contributed by atoms with E-state index in [9.17, 15) is 4.79 Å². The van der Waals surface area contributed by atoms with Gasteiger partial charge in [-0.15, -0.1) is 5.10 Å². The van der Waals surface area contributed by atoms with E-state index in [4.69, 9.17) is 16.0 Å². The van der Waals surface area contributed by atoms with Gasteiger partial charge in [-0.25, -0.2) is 0 Å². The van der Waals surface area contributed by atoms with Crippen LogP contribution in [0.5, 0.6) is 0 Å². The molecule has 1 unspecified atom stereocenters. The summed E-state index contributed by atoms with van der Waals surface area (Å²) in [5.74, 6) is 0.149. The number of amides is 1. The predicted molar refractivity (Wildman–Crippen MR) is 81.4 cm³/mol. The fraction of sp³-hybridized carbons (Fsp3) is 0.308. The number of nitrogens with one attached hydrogen (secondary N) is 2. The van der Waals surface area contributed by atoms with Crippen molar-refractivity contribution in [1.82, 2.24) is 15.5 Å². The van der Waals surface area contributed by atoms with E-state index < -0.39 is 0 Å². The van der Waals surface area contributed by atoms with E-state index in [1.807, 2.05) is 0 Å². The largest absolute Gasteiger partial charge is 0.406 e. The monoisotopic (exact) mass is 370 g/mol. The first-order valence-electron chi connectivity index (χ1n) is 6.46. The van der Waals surface area contributed by atoms with E-state index >= 15 is 0 Å². The second-order valence-corrected chi connectivity index (χ2v) is 5.94. The first-order chi connectivity index (χ1) is 10.1. The molecule has 0 radical (unpaired) electrons. The molecule has 2 N–H and O–H groups in total. The molecule has 8 heteroatoms. The van der Waals surface area contributed by atoms with Crippen LogP contribution in [0.15, 0.2) is 27.1 Å². The van der Waals surface area contributed by atoms with Gasteiger partial charge in [0.25, 0.3) is 5.91 Å². The van der Waals surface area contributed by atoms with Gasteiger partial charge in [-0.3, -0.25) is 10.1 Å². The highest BCUT2D eigenvalue weighted by Gasteiger charge is 2.22. The number of carbonyl (C=O) groups is 1. The van der Waals surface area contributed by atoms with Crippen LogP contribution in [0, 0.1) is 0 Å². The lowest BCUT2D eigenvalue weighted by molar-refractivity contribution is 0.102. The third-order valence-electron chi connectivity index (χ3n) is 3.20. The molecule has 1 atom stereocenters. The Bertz CT molecular complexity index is 670. The van der Waals surface area contributed by atoms with Gasteiger partial charge in [0.2, 0.25) is 5.89 Å². The Hall–Kier alpha value is -1.44. The Kier molecular flexibility index (Phi) is 4.23. The minimum atomic E-state index is -0.348. The van der Waals surface area contributed by atoms with Crippen LogP contribution in [-0.2, 0) is 0 Å². The third-order valence-corrected chi connectivity index (χ3v) is 4.43. The number of halogens is 2. The van der Waals surface area contributed by atoms with Crippen LogP contribution in [-0.4, -0.2) is 22.6 Å². The molecule has 1 aliphatic rings. The van der Waals surface area contributed by atoms with Crippen molar-refractivity contribution in [3.05, 3.63) is 39.1 Å². The minimum Gasteiger partial charge on any atom is -0.406 e. The molecule has 21 heavy (non-hydrogen) atoms. The lowest BCUT2D eigenvalue weighted by Gasteiger charge is -2.03. The van der Waals surface area contributed by atoms with Gasteiger partial charge in [0.05, 0.1) is 11.1 Å². The van der Waals surface area contributed by atoms with E-state index in [2.05, 4.69) is 36.8 Å². The van der Waals surface area contributed by atoms with Crippen molar-refractivity contribution < 1.29 is 9.21 Å². The molecule has 6 nitrogen and oxygen atoms in total. The number of rotatable bonds is 3. The van der Waals surface area contributed by atoms with Gasteiger partial charge in [0.15, 0.2) is 0 Å². The second-order valence-electron chi connectivity index (χ2n) is 4.68. The number of carbonyl (C=O) groups excluding carboxylic acids is 1. The number of hydrogen-bond acceptors (Lipinski definition) is 5. The zero-order valence-electron chi connectivity index (χ0n) is 10.9. The highest BCUT2D eigenvalue weighted by atomic mass is 79.9. The summed E-state index contributed by atoms with van der Waals surface area (Å²) < 4.78 is 6.18. The van der Waals surface area contributed by atoms with Crippen molar-refractivity contribution in [3.63, 3.8) is 0 Å². The summed E-state index contributed by atoms with van der Waals surface area (Å²) >= 11 is 9.24. The first kappa shape index (κ1) is 14.5. The Morgan fingerprint density at radius 2 is 2.33 bits per heavy atom. The number of nitrogens with zero attached hydrogens (tertiary/aromatic N) is 2. The number of aromatic nitrogens is 2. The molecule has 0 saturated carbocycles. The van der Waals surface area contributed by atoms with Crippen molar-refractivity contribution in [1.29, 1.82) is 0 Å². The molecule has 1 aromatic carbocycles. The molecule has 0 bridgehead atoms. The molecule has 1 aromatic heterocycles. The Morgan fingerprint density at radius 1 is 1.48 bits per heavy atom. The standard InChI is InChI=1S/C13H12BrClN4O2/c14-8-4-3-7(6-9(8)15)11(20)17-13-19-18-12(21-13)10-2-1-5-16-10/h3-4,6,10,16H,1-2,5H2,(H,17,19,20). The van der Waals surface area contributed by atoms with Gasteiger partial charge >= 0.3 is 6.01 Å².